The molecule has 5 atom stereocenters. The molecule has 0 spiro atoms. The smallest absolute Gasteiger partial charge is 0.317 e. The summed E-state index contributed by atoms with van der Waals surface area (Å²) in [6.07, 6.45) is 3.58. The highest BCUT2D eigenvalue weighted by molar-refractivity contribution is 14.1. The molecule has 6 rings (SSSR count). The van der Waals surface area contributed by atoms with Gasteiger partial charge in [-0.05, 0) is 140 Å². The summed E-state index contributed by atoms with van der Waals surface area (Å²) in [4.78, 5) is 186. The van der Waals surface area contributed by atoms with Gasteiger partial charge in [0.2, 0.25) is 59.1 Å². The molecule has 4 aromatic carbocycles. The molecule has 2 saturated heterocycles. The summed E-state index contributed by atoms with van der Waals surface area (Å²) < 4.78 is 5.52. The quantitative estimate of drug-likeness (QED) is 0.00895. The molecule has 612 valence electrons. The summed E-state index contributed by atoms with van der Waals surface area (Å²) in [5.41, 5.74) is 14.7. The molecule has 35 heteroatoms. The number of nitrogens with zero attached hydrogens (tertiary/aromatic N) is 6. The average molecular weight is 1670 g/mol. The molecule has 0 bridgehead atoms. The first-order valence-corrected chi connectivity index (χ1v) is 39.1. The van der Waals surface area contributed by atoms with Gasteiger partial charge in [-0.15, -0.1) is 0 Å². The first-order valence-electron chi connectivity index (χ1n) is 38.0. The van der Waals surface area contributed by atoms with Crippen molar-refractivity contribution in [2.75, 3.05) is 125 Å². The molecule has 0 radical (unpaired) electrons. The SMILES string of the molecule is Cc1ccc(CCCC(=O)NCCNC(=O)C(CCCCNC(=O)CCCCC(=O)NCCC[C@@H]2C(=O)N[C@@H](CCCN=C(N)N)C(=O)N[C@@H](Cc3ccc4ccccc4c3)C(=O)NCC(=O)N[C@H](Cc3ccc(O)c(I)c3)C(=O)N2C)NC(=O)CN2CCN(COC=O)CCN(CC(=O)O)CCN(CC(=O)O)CC2)cc1. The Morgan fingerprint density at radius 3 is 1.77 bits per heavy atom. The van der Waals surface area contributed by atoms with Crippen LogP contribution in [-0.4, -0.2) is 279 Å². The maximum Gasteiger partial charge on any atom is 0.317 e. The standard InChI is InChI=1S/C77H110IN17O17/c1-52-21-23-53(24-22-52)12-9-20-67(100)83-32-33-84-72(107)59(87-69(102)47-92-34-35-93(48-70(103)104)36-37-94(49-71(105)106)39-41-95(40-38-92)50-112-51-96)15-7-8-29-81-65(98)18-5-6-19-66(99)82-30-11-17-63-75(110)89-60(16-10-31-85-77(79)80)74(109)90-61(44-54-25-27-56-13-3-4-14-57(56)42-54)73(108)86-46-68(101)88-62(76(111)91(63)2)45-55-26-28-64(97)58(78)43-55/h3-4,13-14,21-28,42-43,51,59-63,97H,5-12,15-20,29-41,44-50H2,1-2H3,(H,81,98)(H,82,99)(H,83,100)(H,84,107)(H,86,108)(H,87,102)(H,88,101)(H,89,110)(H,90,109)(H,103,104)(H,105,106)(H4,79,80,85)/t59?,60-,61-,62+,63+/m0/s1. The molecule has 34 nitrogen and oxygen atoms in total. The maximum atomic E-state index is 14.8. The number of benzene rings is 4. The maximum absolute atomic E-state index is 14.8. The van der Waals surface area contributed by atoms with Crippen molar-refractivity contribution in [1.82, 2.24) is 72.4 Å². The van der Waals surface area contributed by atoms with E-state index in [1.165, 1.54) is 18.0 Å². The number of aryl methyl sites for hydroxylation is 2. The summed E-state index contributed by atoms with van der Waals surface area (Å²) >= 11 is 1.93. The lowest BCUT2D eigenvalue weighted by Gasteiger charge is -2.33. The number of carboxylic acid groups (broad SMARTS) is 2. The summed E-state index contributed by atoms with van der Waals surface area (Å²) in [6.45, 7) is 3.25. The number of aromatic hydroxyl groups is 1. The molecule has 2 aliphatic rings. The second-order valence-electron chi connectivity index (χ2n) is 28.0. The van der Waals surface area contributed by atoms with Crippen LogP contribution in [0.1, 0.15) is 106 Å². The average Bonchev–Trinajstić information content (AvgIpc) is 1.14. The van der Waals surface area contributed by atoms with E-state index >= 15 is 0 Å². The number of fused-ring (bicyclic) bond motifs is 1. The number of aliphatic imine (C=N–C) groups is 1. The van der Waals surface area contributed by atoms with Crippen molar-refractivity contribution in [2.24, 2.45) is 16.5 Å². The van der Waals surface area contributed by atoms with E-state index in [2.05, 4.69) is 52.8 Å². The van der Waals surface area contributed by atoms with Crippen molar-refractivity contribution in [3.63, 3.8) is 0 Å². The number of hydrogen-bond donors (Lipinski definition) is 14. The van der Waals surface area contributed by atoms with Crippen molar-refractivity contribution in [1.29, 1.82) is 0 Å². The fourth-order valence-corrected chi connectivity index (χ4v) is 13.4. The van der Waals surface area contributed by atoms with Crippen molar-refractivity contribution < 1.29 is 82.4 Å². The molecule has 0 aliphatic carbocycles. The second kappa shape index (κ2) is 49.3. The highest BCUT2D eigenvalue weighted by atomic mass is 127. The Morgan fingerprint density at radius 1 is 0.589 bits per heavy atom. The molecule has 0 saturated carbocycles. The van der Waals surface area contributed by atoms with Crippen LogP contribution in [0.15, 0.2) is 89.9 Å². The number of unbranched alkanes of at least 4 members (excludes halogenated alkanes) is 2. The summed E-state index contributed by atoms with van der Waals surface area (Å²) in [5, 5.41) is 56.6. The van der Waals surface area contributed by atoms with Crippen molar-refractivity contribution >= 4 is 117 Å². The zero-order valence-electron chi connectivity index (χ0n) is 63.9. The summed E-state index contributed by atoms with van der Waals surface area (Å²) in [6, 6.07) is 19.8. The first kappa shape index (κ1) is 90.8. The Kier molecular flexibility index (Phi) is 40.0. The molecule has 2 fully saturated rings. The normalized spacial score (nSPS) is 17.9. The van der Waals surface area contributed by atoms with Gasteiger partial charge in [0.25, 0.3) is 6.47 Å². The van der Waals surface area contributed by atoms with Crippen LogP contribution in [-0.2, 0) is 86.3 Å². The third-order valence-corrected chi connectivity index (χ3v) is 20.0. The van der Waals surface area contributed by atoms with E-state index in [0.29, 0.717) is 53.3 Å². The van der Waals surface area contributed by atoms with Gasteiger partial charge < -0.3 is 84.3 Å². The number of amides is 10. The fraction of sp³-hybridized carbons (Fsp3) is 0.532. The van der Waals surface area contributed by atoms with Gasteiger partial charge in [-0.25, -0.2) is 0 Å². The van der Waals surface area contributed by atoms with Gasteiger partial charge in [0.15, 0.2) is 5.96 Å². The molecule has 112 heavy (non-hydrogen) atoms. The number of likely N-dealkylation sites (N-methyl/N-ethyl adjacent to an activating group) is 1. The Hall–Kier alpha value is -10.1. The molecule has 0 aromatic heterocycles. The Morgan fingerprint density at radius 2 is 1.14 bits per heavy atom. The predicted octanol–water partition coefficient (Wildman–Crippen LogP) is -0.287. The summed E-state index contributed by atoms with van der Waals surface area (Å²) in [5.74, 6) is -7.80. The van der Waals surface area contributed by atoms with Gasteiger partial charge in [-0.2, -0.15) is 0 Å². The Bertz CT molecular complexity index is 3830. The van der Waals surface area contributed by atoms with Gasteiger partial charge in [-0.3, -0.25) is 86.9 Å². The number of nitrogens with two attached hydrogens (primary N) is 2. The van der Waals surface area contributed by atoms with Crippen LogP contribution in [0.2, 0.25) is 0 Å². The number of phenols is 1. The van der Waals surface area contributed by atoms with Crippen LogP contribution >= 0.6 is 22.6 Å². The molecular formula is C77H110IN17O17. The van der Waals surface area contributed by atoms with Crippen LogP contribution in [0.5, 0.6) is 5.75 Å². The number of guanidine groups is 1. The number of aliphatic carboxylic acids is 2. The molecule has 1 unspecified atom stereocenters. The van der Waals surface area contributed by atoms with Crippen LogP contribution < -0.4 is 59.3 Å². The number of carbonyl (C=O) groups excluding carboxylic acids is 11. The van der Waals surface area contributed by atoms with Crippen molar-refractivity contribution in [3.8, 4) is 5.75 Å². The third-order valence-electron chi connectivity index (χ3n) is 19.1. The zero-order chi connectivity index (χ0) is 81.3. The van der Waals surface area contributed by atoms with Gasteiger partial charge >= 0.3 is 11.9 Å². The first-order chi connectivity index (χ1) is 53.7. The highest BCUT2D eigenvalue weighted by Gasteiger charge is 2.36. The lowest BCUT2D eigenvalue weighted by molar-refractivity contribution is -0.142. The minimum Gasteiger partial charge on any atom is -0.507 e. The van der Waals surface area contributed by atoms with Gasteiger partial charge in [-0.1, -0.05) is 78.4 Å². The number of halogens is 1. The van der Waals surface area contributed by atoms with E-state index in [0.717, 1.165) is 28.3 Å². The number of hydrogen-bond acceptors (Lipinski definition) is 20. The second-order valence-corrected chi connectivity index (χ2v) is 29.2. The lowest BCUT2D eigenvalue weighted by Crippen LogP contribution is -2.58. The number of ether oxygens (including phenoxy) is 1. The lowest BCUT2D eigenvalue weighted by atomic mass is 10.00. The van der Waals surface area contributed by atoms with Crippen LogP contribution in [0, 0.1) is 10.5 Å². The summed E-state index contributed by atoms with van der Waals surface area (Å²) in [7, 11) is 1.39. The van der Waals surface area contributed by atoms with Crippen LogP contribution in [0.25, 0.3) is 10.8 Å². The zero-order valence-corrected chi connectivity index (χ0v) is 66.0. The Labute approximate surface area is 665 Å². The monoisotopic (exact) mass is 1670 g/mol. The number of phenolic OH excluding ortho intramolecular Hbond substituents is 1. The molecule has 2 aliphatic heterocycles. The topological polar surface area (TPSA) is 481 Å². The van der Waals surface area contributed by atoms with Crippen molar-refractivity contribution in [3.05, 3.63) is 111 Å². The number of rotatable bonds is 40. The number of nitrogens with one attached hydrogen (secondary N) is 9. The van der Waals surface area contributed by atoms with E-state index in [4.69, 9.17) is 16.2 Å². The number of carbonyl (C=O) groups is 13. The molecule has 16 N–H and O–H groups in total. The minimum absolute atomic E-state index is 0.00455. The molecule has 10 amide bonds. The van der Waals surface area contributed by atoms with E-state index in [-0.39, 0.29) is 205 Å². The fourth-order valence-electron chi connectivity index (χ4n) is 12.9. The van der Waals surface area contributed by atoms with Gasteiger partial charge in [0.1, 0.15) is 42.7 Å². The Balaban J connectivity index is 1.04. The van der Waals surface area contributed by atoms with Gasteiger partial charge in [0, 0.05) is 124 Å². The minimum atomic E-state index is -1.30. The molecule has 4 aromatic rings. The largest absolute Gasteiger partial charge is 0.507 e. The molecule has 2 heterocycles. The predicted molar refractivity (Wildman–Crippen MR) is 425 cm³/mol. The number of carboxylic acids is 2. The van der Waals surface area contributed by atoms with Crippen LogP contribution in [0.3, 0.4) is 0 Å². The van der Waals surface area contributed by atoms with E-state index in [1.54, 1.807) is 31.7 Å². The van der Waals surface area contributed by atoms with E-state index in [1.807, 2.05) is 96.2 Å². The van der Waals surface area contributed by atoms with E-state index in [9.17, 15) is 77.6 Å². The van der Waals surface area contributed by atoms with Crippen molar-refractivity contribution in [2.45, 2.75) is 140 Å². The third kappa shape index (κ3) is 34.7. The van der Waals surface area contributed by atoms with Gasteiger partial charge in [0.05, 0.1) is 29.7 Å². The van der Waals surface area contributed by atoms with E-state index < -0.39 is 90.0 Å². The highest BCUT2D eigenvalue weighted by Crippen LogP contribution is 2.23. The van der Waals surface area contributed by atoms with Crippen LogP contribution in [0.4, 0.5) is 0 Å². The molecular weight excluding hydrogens is 1560 g/mol.